The second-order valence-corrected chi connectivity index (χ2v) is 12.6. The Hall–Kier alpha value is -1.38. The van der Waals surface area contributed by atoms with E-state index in [-0.39, 0.29) is 6.61 Å². The number of nitrogens with zero attached hydrogens (tertiary/aromatic N) is 1. The molecule has 0 aliphatic carbocycles. The molecule has 0 rings (SSSR count). The molecule has 42 heavy (non-hydrogen) atoms. The summed E-state index contributed by atoms with van der Waals surface area (Å²) in [4.78, 5) is 24.8. The third-order valence-corrected chi connectivity index (χ3v) is 7.51. The van der Waals surface area contributed by atoms with Crippen molar-refractivity contribution in [2.75, 3.05) is 46.7 Å². The molecule has 0 amide bonds. The third kappa shape index (κ3) is 14.9. The van der Waals surface area contributed by atoms with Crippen molar-refractivity contribution in [3.63, 3.8) is 0 Å². The maximum absolute atomic E-state index is 13.8. The lowest BCUT2D eigenvalue weighted by Gasteiger charge is -2.33. The van der Waals surface area contributed by atoms with Crippen molar-refractivity contribution >= 4 is 23.7 Å². The Bertz CT molecular complexity index is 791. The van der Waals surface area contributed by atoms with E-state index < -0.39 is 60.6 Å². The predicted octanol–water partition coefficient (Wildman–Crippen LogP) is 8.05. The highest BCUT2D eigenvalue weighted by Crippen LogP contribution is 2.54. The molecule has 0 bridgehead atoms. The molecule has 0 fully saturated rings. The van der Waals surface area contributed by atoms with Crippen LogP contribution in [-0.2, 0) is 19.1 Å². The van der Waals surface area contributed by atoms with Gasteiger partial charge in [0.05, 0.1) is 53.7 Å². The number of rotatable bonds is 23. The van der Waals surface area contributed by atoms with Crippen LogP contribution in [0, 0.1) is 0 Å². The number of thioether (sulfide) groups is 1. The summed E-state index contributed by atoms with van der Waals surface area (Å²) in [6.07, 6.45) is 0.887. The van der Waals surface area contributed by atoms with E-state index in [0.29, 0.717) is 23.2 Å². The van der Waals surface area contributed by atoms with E-state index in [4.69, 9.17) is 4.74 Å². The highest BCUT2D eigenvalue weighted by molar-refractivity contribution is 8.00. The van der Waals surface area contributed by atoms with Crippen LogP contribution in [0.3, 0.4) is 0 Å². The molecule has 0 radical (unpaired) electrons. The molecule has 0 aromatic carbocycles. The van der Waals surface area contributed by atoms with E-state index in [1.54, 1.807) is 0 Å². The van der Waals surface area contributed by atoms with Crippen LogP contribution < -0.4 is 0 Å². The number of unbranched alkanes of at least 4 members (excludes halogenated alkanes) is 9. The lowest BCUT2D eigenvalue weighted by Crippen LogP contribution is -2.61. The summed E-state index contributed by atoms with van der Waals surface area (Å²) in [5.74, 6) is -21.4. The Balaban J connectivity index is 4.85. The number of carbonyl (C=O) groups excluding carboxylic acids is 2. The Morgan fingerprint density at radius 3 is 1.69 bits per heavy atom. The maximum atomic E-state index is 13.8. The van der Waals surface area contributed by atoms with Crippen molar-refractivity contribution in [2.45, 2.75) is 113 Å². The van der Waals surface area contributed by atoms with E-state index >= 15 is 0 Å². The molecule has 0 heterocycles. The van der Waals surface area contributed by atoms with E-state index in [0.717, 1.165) is 37.4 Å². The molecule has 1 atom stereocenters. The van der Waals surface area contributed by atoms with Gasteiger partial charge in [-0.15, -0.1) is 11.8 Å². The first-order chi connectivity index (χ1) is 19.2. The monoisotopic (exact) mass is 650 g/mol. The van der Waals surface area contributed by atoms with Gasteiger partial charge in [-0.3, -0.25) is 9.59 Å². The minimum absolute atomic E-state index is 0.0926. The number of quaternary nitrogens is 1. The Morgan fingerprint density at radius 2 is 1.21 bits per heavy atom. The Kier molecular flexibility index (Phi) is 17.8. The zero-order valence-corrected chi connectivity index (χ0v) is 25.6. The standard InChI is InChI=1S/C27H45F9NO4S/c1-5-6-7-8-9-10-11-12-13-14-17-40-22(38)20-21(42-19-16-37(2,3)4)23(39)41-18-15-24(28,29)25(30,31)26(32,33)27(34,35)36/h21H,5-20H2,1-4H3/q+1. The average molecular weight is 651 g/mol. The van der Waals surface area contributed by atoms with Gasteiger partial charge < -0.3 is 14.0 Å². The smallest absolute Gasteiger partial charge is 0.460 e. The number of alkyl halides is 9. The molecular weight excluding hydrogens is 605 g/mol. The van der Waals surface area contributed by atoms with Gasteiger partial charge >= 0.3 is 35.9 Å². The molecule has 0 saturated heterocycles. The highest BCUT2D eigenvalue weighted by atomic mass is 32.2. The van der Waals surface area contributed by atoms with Crippen molar-refractivity contribution in [1.29, 1.82) is 0 Å². The fourth-order valence-electron chi connectivity index (χ4n) is 3.60. The first-order valence-corrected chi connectivity index (χ1v) is 15.2. The average Bonchev–Trinajstić information content (AvgIpc) is 2.84. The Morgan fingerprint density at radius 1 is 0.714 bits per heavy atom. The summed E-state index contributed by atoms with van der Waals surface area (Å²) in [5.41, 5.74) is 0. The molecule has 0 aromatic rings. The number of hydrogen-bond acceptors (Lipinski definition) is 5. The first kappa shape index (κ1) is 40.6. The molecule has 250 valence electrons. The SMILES string of the molecule is CCCCCCCCCCCCOC(=O)CC(SCC[N+](C)(C)C)C(=O)OCCC(F)(F)C(F)(F)C(F)(F)C(F)(F)F. The summed E-state index contributed by atoms with van der Waals surface area (Å²) < 4.78 is 127. The van der Waals surface area contributed by atoms with Gasteiger partial charge in [-0.25, -0.2) is 0 Å². The minimum atomic E-state index is -7.02. The predicted molar refractivity (Wildman–Crippen MR) is 143 cm³/mol. The third-order valence-electron chi connectivity index (χ3n) is 6.33. The molecule has 15 heteroatoms. The zero-order chi connectivity index (χ0) is 32.7. The van der Waals surface area contributed by atoms with E-state index in [1.165, 1.54) is 32.1 Å². The highest BCUT2D eigenvalue weighted by Gasteiger charge is 2.81. The number of halogens is 9. The van der Waals surface area contributed by atoms with E-state index in [1.807, 2.05) is 21.1 Å². The normalized spacial score (nSPS) is 14.1. The van der Waals surface area contributed by atoms with Crippen LogP contribution in [0.4, 0.5) is 39.5 Å². The molecule has 0 aliphatic rings. The van der Waals surface area contributed by atoms with Crippen molar-refractivity contribution in [2.24, 2.45) is 0 Å². The first-order valence-electron chi connectivity index (χ1n) is 14.1. The fraction of sp³-hybridized carbons (Fsp3) is 0.926. The topological polar surface area (TPSA) is 52.6 Å². The number of ether oxygens (including phenoxy) is 2. The van der Waals surface area contributed by atoms with Gasteiger partial charge in [0, 0.05) is 5.75 Å². The summed E-state index contributed by atoms with van der Waals surface area (Å²) in [6, 6.07) is 0. The van der Waals surface area contributed by atoms with E-state index in [2.05, 4.69) is 11.7 Å². The van der Waals surface area contributed by atoms with E-state index in [9.17, 15) is 49.1 Å². The quantitative estimate of drug-likeness (QED) is 0.0485. The fourth-order valence-corrected chi connectivity index (χ4v) is 5.00. The number of hydrogen-bond donors (Lipinski definition) is 0. The number of carbonyl (C=O) groups is 2. The van der Waals surface area contributed by atoms with Gasteiger partial charge in [0.2, 0.25) is 0 Å². The molecule has 0 saturated carbocycles. The van der Waals surface area contributed by atoms with Gasteiger partial charge in [-0.1, -0.05) is 64.7 Å². The maximum Gasteiger partial charge on any atom is 0.460 e. The minimum Gasteiger partial charge on any atom is -0.466 e. The van der Waals surface area contributed by atoms with Crippen molar-refractivity contribution in [1.82, 2.24) is 0 Å². The summed E-state index contributed by atoms with van der Waals surface area (Å²) >= 11 is 0.920. The van der Waals surface area contributed by atoms with Crippen LogP contribution in [0.25, 0.3) is 0 Å². The molecule has 0 spiro atoms. The largest absolute Gasteiger partial charge is 0.466 e. The number of esters is 2. The van der Waals surface area contributed by atoms with Gasteiger partial charge in [0.25, 0.3) is 0 Å². The molecule has 0 aliphatic heterocycles. The second kappa shape index (κ2) is 18.4. The van der Waals surface area contributed by atoms with Gasteiger partial charge in [0.15, 0.2) is 0 Å². The van der Waals surface area contributed by atoms with Crippen LogP contribution in [0.2, 0.25) is 0 Å². The van der Waals surface area contributed by atoms with Crippen LogP contribution in [0.5, 0.6) is 0 Å². The molecular formula is C27H45F9NO4S+. The lowest BCUT2D eigenvalue weighted by atomic mass is 10.0. The van der Waals surface area contributed by atoms with Crippen molar-refractivity contribution in [3.05, 3.63) is 0 Å². The molecule has 0 aromatic heterocycles. The molecule has 1 unspecified atom stereocenters. The second-order valence-electron chi connectivity index (χ2n) is 11.2. The summed E-state index contributed by atoms with van der Waals surface area (Å²) in [6.45, 7) is 1.17. The van der Waals surface area contributed by atoms with Gasteiger partial charge in [-0.05, 0) is 6.42 Å². The van der Waals surface area contributed by atoms with Crippen molar-refractivity contribution in [3.8, 4) is 0 Å². The molecule has 5 nitrogen and oxygen atoms in total. The van der Waals surface area contributed by atoms with Gasteiger partial charge in [-0.2, -0.15) is 39.5 Å². The summed E-state index contributed by atoms with van der Waals surface area (Å²) in [7, 11) is 5.52. The van der Waals surface area contributed by atoms with Crippen LogP contribution in [0.15, 0.2) is 0 Å². The lowest BCUT2D eigenvalue weighted by molar-refractivity contribution is -0.867. The summed E-state index contributed by atoms with van der Waals surface area (Å²) in [5, 5.41) is -1.29. The van der Waals surface area contributed by atoms with Crippen molar-refractivity contribution < 1.29 is 63.1 Å². The van der Waals surface area contributed by atoms with Crippen LogP contribution in [-0.4, -0.2) is 92.3 Å². The van der Waals surface area contributed by atoms with Gasteiger partial charge in [0.1, 0.15) is 5.25 Å². The van der Waals surface area contributed by atoms with Crippen LogP contribution >= 0.6 is 11.8 Å². The Labute approximate surface area is 246 Å². The molecule has 0 N–H and O–H groups in total. The van der Waals surface area contributed by atoms with Crippen LogP contribution in [0.1, 0.15) is 84.0 Å². The zero-order valence-electron chi connectivity index (χ0n) is 24.8.